The number of amides is 1. The van der Waals surface area contributed by atoms with Gasteiger partial charge in [-0.15, -0.1) is 36.6 Å². The molecule has 0 spiro atoms. The number of hydrogen-bond acceptors (Lipinski definition) is 4. The number of fused-ring (bicyclic) bond motifs is 1. The van der Waals surface area contributed by atoms with Gasteiger partial charge in [-0.05, 0) is 49.4 Å². The Morgan fingerprint density at radius 2 is 1.96 bits per heavy atom. The zero-order valence-corrected chi connectivity index (χ0v) is 15.6. The van der Waals surface area contributed by atoms with E-state index in [9.17, 15) is 4.79 Å². The highest BCUT2D eigenvalue weighted by Crippen LogP contribution is 2.27. The Labute approximate surface area is 155 Å². The molecule has 1 amide bonds. The molecular weight excluding hydrogens is 353 g/mol. The number of aromatic nitrogens is 1. The van der Waals surface area contributed by atoms with Gasteiger partial charge < -0.3 is 10.2 Å². The van der Waals surface area contributed by atoms with Crippen LogP contribution in [-0.2, 0) is 10.5 Å². The Morgan fingerprint density at radius 3 is 2.57 bits per heavy atom. The van der Waals surface area contributed by atoms with Crippen molar-refractivity contribution in [2.24, 2.45) is 11.8 Å². The van der Waals surface area contributed by atoms with Crippen molar-refractivity contribution in [1.29, 1.82) is 0 Å². The van der Waals surface area contributed by atoms with E-state index in [0.29, 0.717) is 11.7 Å². The first-order valence-corrected chi connectivity index (χ1v) is 8.93. The molecule has 2 aliphatic heterocycles. The van der Waals surface area contributed by atoms with Gasteiger partial charge in [0.05, 0.1) is 5.75 Å². The molecule has 2 fully saturated rings. The number of likely N-dealkylation sites (tertiary alicyclic amines) is 1. The third-order valence-electron chi connectivity index (χ3n) is 4.59. The van der Waals surface area contributed by atoms with Crippen LogP contribution in [0.1, 0.15) is 18.4 Å². The van der Waals surface area contributed by atoms with E-state index in [1.165, 1.54) is 5.56 Å². The van der Waals surface area contributed by atoms with E-state index in [1.807, 2.05) is 12.3 Å². The van der Waals surface area contributed by atoms with Gasteiger partial charge in [0.15, 0.2) is 0 Å². The van der Waals surface area contributed by atoms with Gasteiger partial charge in [0.1, 0.15) is 0 Å². The smallest absolute Gasteiger partial charge is 0.232 e. The number of pyridine rings is 1. The first kappa shape index (κ1) is 20.6. The zero-order valence-electron chi connectivity index (χ0n) is 13.1. The van der Waals surface area contributed by atoms with Crippen LogP contribution < -0.4 is 5.32 Å². The van der Waals surface area contributed by atoms with Gasteiger partial charge in [0.2, 0.25) is 5.91 Å². The van der Waals surface area contributed by atoms with Crippen LogP contribution in [0.3, 0.4) is 0 Å². The summed E-state index contributed by atoms with van der Waals surface area (Å²) >= 11 is 1.69. The molecule has 0 saturated carbocycles. The summed E-state index contributed by atoms with van der Waals surface area (Å²) in [6, 6.07) is 4.00. The van der Waals surface area contributed by atoms with E-state index in [1.54, 1.807) is 18.0 Å². The van der Waals surface area contributed by atoms with Crippen molar-refractivity contribution in [3.05, 3.63) is 30.1 Å². The molecular formula is C16H25Cl2N3OS. The Kier molecular flexibility index (Phi) is 9.29. The van der Waals surface area contributed by atoms with E-state index in [-0.39, 0.29) is 24.8 Å². The average molecular weight is 378 g/mol. The fourth-order valence-electron chi connectivity index (χ4n) is 3.30. The van der Waals surface area contributed by atoms with Crippen LogP contribution in [0, 0.1) is 11.8 Å². The Balaban J connectivity index is 0.00000132. The van der Waals surface area contributed by atoms with Crippen molar-refractivity contribution >= 4 is 42.5 Å². The SMILES string of the molecule is Cl.Cl.O=C(CSCc1cccnc1)N1CC[C@@H]2CNC[C@@H]2CC1. The lowest BCUT2D eigenvalue weighted by atomic mass is 9.92. The molecule has 23 heavy (non-hydrogen) atoms. The van der Waals surface area contributed by atoms with Crippen LogP contribution >= 0.6 is 36.6 Å². The fourth-order valence-corrected chi connectivity index (χ4v) is 4.16. The number of hydrogen-bond donors (Lipinski definition) is 1. The Hall–Kier alpha value is -0.490. The molecule has 0 bridgehead atoms. The van der Waals surface area contributed by atoms with Gasteiger partial charge in [0, 0.05) is 31.2 Å². The molecule has 7 heteroatoms. The second kappa shape index (κ2) is 10.4. The molecule has 0 radical (unpaired) electrons. The van der Waals surface area contributed by atoms with Crippen LogP contribution in [0.4, 0.5) is 0 Å². The molecule has 130 valence electrons. The number of halogens is 2. The lowest BCUT2D eigenvalue weighted by Crippen LogP contribution is -2.34. The minimum Gasteiger partial charge on any atom is -0.342 e. The van der Waals surface area contributed by atoms with Crippen LogP contribution in [0.15, 0.2) is 24.5 Å². The zero-order chi connectivity index (χ0) is 14.5. The number of thioether (sulfide) groups is 1. The molecule has 0 unspecified atom stereocenters. The summed E-state index contributed by atoms with van der Waals surface area (Å²) < 4.78 is 0. The molecule has 1 aromatic heterocycles. The highest BCUT2D eigenvalue weighted by atomic mass is 35.5. The van der Waals surface area contributed by atoms with Crippen molar-refractivity contribution in [2.45, 2.75) is 18.6 Å². The van der Waals surface area contributed by atoms with Crippen molar-refractivity contribution in [3.8, 4) is 0 Å². The highest BCUT2D eigenvalue weighted by Gasteiger charge is 2.31. The van der Waals surface area contributed by atoms with Gasteiger partial charge in [-0.3, -0.25) is 9.78 Å². The maximum atomic E-state index is 12.3. The minimum absolute atomic E-state index is 0. The molecule has 0 aliphatic carbocycles. The quantitative estimate of drug-likeness (QED) is 0.875. The van der Waals surface area contributed by atoms with Crippen molar-refractivity contribution in [2.75, 3.05) is 31.9 Å². The number of carbonyl (C=O) groups excluding carboxylic acids is 1. The monoisotopic (exact) mass is 377 g/mol. The van der Waals surface area contributed by atoms with Crippen molar-refractivity contribution in [3.63, 3.8) is 0 Å². The largest absolute Gasteiger partial charge is 0.342 e. The number of nitrogens with one attached hydrogen (secondary N) is 1. The standard InChI is InChI=1S/C16H23N3OS.2ClH/c20-16(12-21-11-13-2-1-5-17-8-13)19-6-3-14-9-18-10-15(14)4-7-19;;/h1-2,5,8,14-15,18H,3-4,6-7,9-12H2;2*1H/t14-,15+;;. The third kappa shape index (κ3) is 5.82. The van der Waals surface area contributed by atoms with Crippen molar-refractivity contribution < 1.29 is 4.79 Å². The van der Waals surface area contributed by atoms with Crippen LogP contribution in [-0.4, -0.2) is 47.7 Å². The predicted molar refractivity (Wildman–Crippen MR) is 101 cm³/mol. The van der Waals surface area contributed by atoms with E-state index < -0.39 is 0 Å². The topological polar surface area (TPSA) is 45.2 Å². The number of rotatable bonds is 4. The van der Waals surface area contributed by atoms with E-state index >= 15 is 0 Å². The minimum atomic E-state index is 0. The molecule has 2 atom stereocenters. The summed E-state index contributed by atoms with van der Waals surface area (Å²) in [7, 11) is 0. The fraction of sp³-hybridized carbons (Fsp3) is 0.625. The van der Waals surface area contributed by atoms with Crippen LogP contribution in [0.25, 0.3) is 0 Å². The molecule has 0 aromatic carbocycles. The average Bonchev–Trinajstić information content (AvgIpc) is 2.87. The third-order valence-corrected chi connectivity index (χ3v) is 5.58. The maximum absolute atomic E-state index is 12.3. The van der Waals surface area contributed by atoms with E-state index in [2.05, 4.69) is 21.3 Å². The lowest BCUT2D eigenvalue weighted by Gasteiger charge is -2.20. The van der Waals surface area contributed by atoms with E-state index in [0.717, 1.165) is 56.6 Å². The normalized spacial score (nSPS) is 23.2. The molecule has 4 nitrogen and oxygen atoms in total. The summed E-state index contributed by atoms with van der Waals surface area (Å²) in [6.45, 7) is 4.16. The molecule has 2 saturated heterocycles. The highest BCUT2D eigenvalue weighted by molar-refractivity contribution is 7.99. The first-order valence-electron chi connectivity index (χ1n) is 7.78. The summed E-state index contributed by atoms with van der Waals surface area (Å²) in [5, 5.41) is 3.48. The summed E-state index contributed by atoms with van der Waals surface area (Å²) in [5.41, 5.74) is 1.19. The van der Waals surface area contributed by atoms with E-state index in [4.69, 9.17) is 0 Å². The number of nitrogens with zero attached hydrogens (tertiary/aromatic N) is 2. The van der Waals surface area contributed by atoms with Gasteiger partial charge in [-0.2, -0.15) is 0 Å². The Morgan fingerprint density at radius 1 is 1.26 bits per heavy atom. The van der Waals surface area contributed by atoms with Crippen LogP contribution in [0.5, 0.6) is 0 Å². The Bertz CT molecular complexity index is 464. The van der Waals surface area contributed by atoms with Gasteiger partial charge in [0.25, 0.3) is 0 Å². The summed E-state index contributed by atoms with van der Waals surface area (Å²) in [4.78, 5) is 18.5. The number of carbonyl (C=O) groups is 1. The maximum Gasteiger partial charge on any atom is 0.232 e. The summed E-state index contributed by atoms with van der Waals surface area (Å²) in [6.07, 6.45) is 5.98. The molecule has 3 rings (SSSR count). The van der Waals surface area contributed by atoms with Gasteiger partial charge in [-0.25, -0.2) is 0 Å². The second-order valence-electron chi connectivity index (χ2n) is 5.99. The summed E-state index contributed by atoms with van der Waals surface area (Å²) in [5.74, 6) is 3.32. The molecule has 1 N–H and O–H groups in total. The van der Waals surface area contributed by atoms with Gasteiger partial charge in [-0.1, -0.05) is 6.07 Å². The predicted octanol–water partition coefficient (Wildman–Crippen LogP) is 2.62. The van der Waals surface area contributed by atoms with Gasteiger partial charge >= 0.3 is 0 Å². The second-order valence-corrected chi connectivity index (χ2v) is 6.98. The molecule has 1 aromatic rings. The van der Waals surface area contributed by atoms with Crippen molar-refractivity contribution in [1.82, 2.24) is 15.2 Å². The molecule has 3 heterocycles. The lowest BCUT2D eigenvalue weighted by molar-refractivity contribution is -0.128. The molecule has 2 aliphatic rings. The van der Waals surface area contributed by atoms with Crippen LogP contribution in [0.2, 0.25) is 0 Å². The first-order chi connectivity index (χ1) is 10.3.